The number of hydrogen-bond acceptors (Lipinski definition) is 7. The molecular weight excluding hydrogens is 274 g/mol. The van der Waals surface area contributed by atoms with Crippen LogP contribution in [0.3, 0.4) is 0 Å². The van der Waals surface area contributed by atoms with Crippen LogP contribution in [0.2, 0.25) is 0 Å². The highest BCUT2D eigenvalue weighted by Crippen LogP contribution is 2.20. The van der Waals surface area contributed by atoms with Crippen LogP contribution in [0.4, 0.5) is 5.95 Å². The van der Waals surface area contributed by atoms with Crippen molar-refractivity contribution in [1.82, 2.24) is 29.7 Å². The highest BCUT2D eigenvalue weighted by atomic mass is 32.2. The third-order valence-corrected chi connectivity index (χ3v) is 3.93. The van der Waals surface area contributed by atoms with E-state index in [4.69, 9.17) is 0 Å². The summed E-state index contributed by atoms with van der Waals surface area (Å²) in [5.74, 6) is 2.68. The number of anilines is 1. The van der Waals surface area contributed by atoms with E-state index >= 15 is 0 Å². The molecule has 1 unspecified atom stereocenters. The van der Waals surface area contributed by atoms with Crippen LogP contribution in [0.15, 0.2) is 17.8 Å². The lowest BCUT2D eigenvalue weighted by Crippen LogP contribution is -2.10. The number of nitrogens with zero attached hydrogens (tertiary/aromatic N) is 6. The topological polar surface area (TPSA) is 81.4 Å². The van der Waals surface area contributed by atoms with Gasteiger partial charge >= 0.3 is 0 Å². The van der Waals surface area contributed by atoms with Crippen molar-refractivity contribution in [2.45, 2.75) is 32.3 Å². The molecule has 2 aromatic rings. The molecule has 0 saturated heterocycles. The fourth-order valence-electron chi connectivity index (χ4n) is 1.40. The van der Waals surface area contributed by atoms with Gasteiger partial charge < -0.3 is 5.32 Å². The minimum atomic E-state index is 0.486. The third kappa shape index (κ3) is 3.89. The molecule has 0 spiro atoms. The van der Waals surface area contributed by atoms with Crippen molar-refractivity contribution in [2.24, 2.45) is 5.92 Å². The molecule has 7 nitrogen and oxygen atoms in total. The average molecular weight is 293 g/mol. The smallest absolute Gasteiger partial charge is 0.257 e. The van der Waals surface area contributed by atoms with Crippen molar-refractivity contribution in [3.05, 3.63) is 12.7 Å². The Morgan fingerprint density at radius 2 is 2.15 bits per heavy atom. The molecule has 0 bridgehead atoms. The van der Waals surface area contributed by atoms with Gasteiger partial charge in [-0.05, 0) is 12.8 Å². The SMILES string of the molecule is CCNc1nc(SCC(C)CC)nc(-n2cncn2)n1. The van der Waals surface area contributed by atoms with Gasteiger partial charge in [0.1, 0.15) is 12.7 Å². The maximum absolute atomic E-state index is 4.43. The first-order valence-corrected chi connectivity index (χ1v) is 7.69. The Morgan fingerprint density at radius 3 is 2.80 bits per heavy atom. The Hall–Kier alpha value is -1.70. The molecule has 0 aliphatic rings. The van der Waals surface area contributed by atoms with Crippen LogP contribution < -0.4 is 5.32 Å². The van der Waals surface area contributed by atoms with Gasteiger partial charge in [-0.2, -0.15) is 24.7 Å². The Kier molecular flexibility index (Phi) is 5.28. The molecule has 1 N–H and O–H groups in total. The van der Waals surface area contributed by atoms with Crippen molar-refractivity contribution >= 4 is 17.7 Å². The summed E-state index contributed by atoms with van der Waals surface area (Å²) >= 11 is 1.64. The van der Waals surface area contributed by atoms with Gasteiger partial charge in [0.15, 0.2) is 5.16 Å². The summed E-state index contributed by atoms with van der Waals surface area (Å²) in [5.41, 5.74) is 0. The number of rotatable bonds is 7. The molecule has 0 saturated carbocycles. The van der Waals surface area contributed by atoms with Gasteiger partial charge in [-0.3, -0.25) is 0 Å². The lowest BCUT2D eigenvalue weighted by Gasteiger charge is -2.09. The Balaban J connectivity index is 2.22. The minimum Gasteiger partial charge on any atom is -0.354 e. The number of nitrogens with one attached hydrogen (secondary N) is 1. The van der Waals surface area contributed by atoms with E-state index in [1.54, 1.807) is 18.1 Å². The summed E-state index contributed by atoms with van der Waals surface area (Å²) in [6.07, 6.45) is 4.19. The van der Waals surface area contributed by atoms with Crippen molar-refractivity contribution in [1.29, 1.82) is 0 Å². The van der Waals surface area contributed by atoms with Crippen LogP contribution in [0, 0.1) is 5.92 Å². The zero-order chi connectivity index (χ0) is 14.4. The van der Waals surface area contributed by atoms with E-state index in [1.165, 1.54) is 11.0 Å². The standard InChI is InChI=1S/C12H19N7S/c1-4-9(3)6-20-12-17-10(14-5-2)16-11(18-12)19-8-13-7-15-19/h7-9H,4-6H2,1-3H3,(H,14,16,17,18). The maximum atomic E-state index is 4.43. The largest absolute Gasteiger partial charge is 0.354 e. The zero-order valence-electron chi connectivity index (χ0n) is 11.9. The highest BCUT2D eigenvalue weighted by Gasteiger charge is 2.10. The van der Waals surface area contributed by atoms with E-state index < -0.39 is 0 Å². The molecule has 8 heteroatoms. The minimum absolute atomic E-state index is 0.486. The van der Waals surface area contributed by atoms with E-state index in [2.05, 4.69) is 44.2 Å². The van der Waals surface area contributed by atoms with Gasteiger partial charge in [0.2, 0.25) is 5.95 Å². The van der Waals surface area contributed by atoms with E-state index in [1.807, 2.05) is 6.92 Å². The third-order valence-electron chi connectivity index (χ3n) is 2.76. The number of hydrogen-bond donors (Lipinski definition) is 1. The van der Waals surface area contributed by atoms with Gasteiger partial charge in [0.25, 0.3) is 5.95 Å². The highest BCUT2D eigenvalue weighted by molar-refractivity contribution is 7.99. The first-order valence-electron chi connectivity index (χ1n) is 6.70. The van der Waals surface area contributed by atoms with Crippen molar-refractivity contribution in [3.63, 3.8) is 0 Å². The molecule has 2 heterocycles. The molecular formula is C12H19N7S. The molecule has 0 aliphatic heterocycles. The van der Waals surface area contributed by atoms with E-state index in [9.17, 15) is 0 Å². The van der Waals surface area contributed by atoms with Crippen molar-refractivity contribution in [2.75, 3.05) is 17.6 Å². The summed E-state index contributed by atoms with van der Waals surface area (Å²) in [7, 11) is 0. The van der Waals surface area contributed by atoms with Gasteiger partial charge in [0, 0.05) is 12.3 Å². The fraction of sp³-hybridized carbons (Fsp3) is 0.583. The predicted octanol–water partition coefficient (Wildman–Crippen LogP) is 2.02. The van der Waals surface area contributed by atoms with Gasteiger partial charge in [-0.15, -0.1) is 0 Å². The van der Waals surface area contributed by atoms with Crippen LogP contribution in [0.5, 0.6) is 0 Å². The maximum Gasteiger partial charge on any atom is 0.257 e. The second-order valence-corrected chi connectivity index (χ2v) is 5.42. The number of thioether (sulfide) groups is 1. The molecule has 1 atom stereocenters. The lowest BCUT2D eigenvalue weighted by molar-refractivity contribution is 0.635. The summed E-state index contributed by atoms with van der Waals surface area (Å²) in [5, 5.41) is 7.88. The fourth-order valence-corrected chi connectivity index (χ4v) is 2.36. The molecule has 2 aromatic heterocycles. The lowest BCUT2D eigenvalue weighted by atomic mass is 10.2. The predicted molar refractivity (Wildman–Crippen MR) is 79.1 cm³/mol. The molecule has 2 rings (SSSR count). The van der Waals surface area contributed by atoms with Crippen LogP contribution in [0.1, 0.15) is 27.2 Å². The van der Waals surface area contributed by atoms with Crippen LogP contribution in [-0.4, -0.2) is 42.0 Å². The molecule has 0 aliphatic carbocycles. The number of aromatic nitrogens is 6. The molecule has 20 heavy (non-hydrogen) atoms. The van der Waals surface area contributed by atoms with Crippen LogP contribution >= 0.6 is 11.8 Å². The summed E-state index contributed by atoms with van der Waals surface area (Å²) in [6, 6.07) is 0. The van der Waals surface area contributed by atoms with Crippen molar-refractivity contribution < 1.29 is 0 Å². The first kappa shape index (κ1) is 14.7. The van der Waals surface area contributed by atoms with E-state index in [0.29, 0.717) is 23.0 Å². The molecule has 0 aromatic carbocycles. The van der Waals surface area contributed by atoms with Gasteiger partial charge in [0.05, 0.1) is 0 Å². The second-order valence-electron chi connectivity index (χ2n) is 4.44. The molecule has 108 valence electrons. The molecule has 0 fully saturated rings. The Bertz CT molecular complexity index is 529. The monoisotopic (exact) mass is 293 g/mol. The Morgan fingerprint density at radius 1 is 1.30 bits per heavy atom. The average Bonchev–Trinajstić information content (AvgIpc) is 2.99. The van der Waals surface area contributed by atoms with Crippen LogP contribution in [-0.2, 0) is 0 Å². The van der Waals surface area contributed by atoms with Gasteiger partial charge in [-0.25, -0.2) is 4.98 Å². The van der Waals surface area contributed by atoms with E-state index in [-0.39, 0.29) is 0 Å². The van der Waals surface area contributed by atoms with Crippen molar-refractivity contribution in [3.8, 4) is 5.95 Å². The summed E-state index contributed by atoms with van der Waals surface area (Å²) in [4.78, 5) is 17.1. The first-order chi connectivity index (χ1) is 9.72. The second kappa shape index (κ2) is 7.18. The molecule has 0 amide bonds. The molecule has 0 radical (unpaired) electrons. The summed E-state index contributed by atoms with van der Waals surface area (Å²) < 4.78 is 1.54. The zero-order valence-corrected chi connectivity index (χ0v) is 12.8. The Labute approximate surface area is 122 Å². The van der Waals surface area contributed by atoms with Gasteiger partial charge in [-0.1, -0.05) is 32.0 Å². The normalized spacial score (nSPS) is 12.3. The summed E-state index contributed by atoms with van der Waals surface area (Å²) in [6.45, 7) is 7.17. The quantitative estimate of drug-likeness (QED) is 0.782. The van der Waals surface area contributed by atoms with Crippen LogP contribution in [0.25, 0.3) is 5.95 Å². The van der Waals surface area contributed by atoms with E-state index in [0.717, 1.165) is 18.7 Å².